The zero-order valence-corrected chi connectivity index (χ0v) is 19.3. The summed E-state index contributed by atoms with van der Waals surface area (Å²) >= 11 is 42.8. The molecule has 3 aromatic carbocycles. The predicted molar refractivity (Wildman–Crippen MR) is 123 cm³/mol. The standard InChI is InChI=1S/C18H9Cl7N2O2/c19-7-2-1-6(28-17-10(22)4-8(20)15(26)13(17)24)3-12(7)29-18-11(23)5-9(21)16(27)14(18)25/h1-5H,26-27H2. The van der Waals surface area contributed by atoms with Gasteiger partial charge in [-0.2, -0.15) is 0 Å². The Balaban J connectivity index is 1.99. The molecule has 29 heavy (non-hydrogen) atoms. The summed E-state index contributed by atoms with van der Waals surface area (Å²) in [7, 11) is 0. The maximum absolute atomic E-state index is 6.22. The van der Waals surface area contributed by atoms with E-state index in [1.165, 1.54) is 24.3 Å². The lowest BCUT2D eigenvalue weighted by molar-refractivity contribution is 0.461. The summed E-state index contributed by atoms with van der Waals surface area (Å²) in [5.41, 5.74) is 11.9. The fourth-order valence-corrected chi connectivity index (χ4v) is 4.05. The molecule has 0 saturated carbocycles. The third kappa shape index (κ3) is 4.64. The molecule has 152 valence electrons. The minimum atomic E-state index is 0.0430. The van der Waals surface area contributed by atoms with Crippen molar-refractivity contribution in [2.24, 2.45) is 0 Å². The van der Waals surface area contributed by atoms with Gasteiger partial charge >= 0.3 is 0 Å². The van der Waals surface area contributed by atoms with Gasteiger partial charge in [-0.25, -0.2) is 0 Å². The molecule has 0 aliphatic rings. The maximum atomic E-state index is 6.22. The Hall–Kier alpha value is -1.11. The number of benzene rings is 3. The van der Waals surface area contributed by atoms with E-state index < -0.39 is 0 Å². The van der Waals surface area contributed by atoms with Crippen LogP contribution in [0.4, 0.5) is 11.4 Å². The van der Waals surface area contributed by atoms with Gasteiger partial charge in [0.1, 0.15) is 21.5 Å². The Labute approximate surface area is 201 Å². The van der Waals surface area contributed by atoms with Crippen molar-refractivity contribution in [3.8, 4) is 23.0 Å². The summed E-state index contributed by atoms with van der Waals surface area (Å²) in [4.78, 5) is 0. The molecule has 4 nitrogen and oxygen atoms in total. The summed E-state index contributed by atoms with van der Waals surface area (Å²) in [5, 5.41) is 1.08. The number of nitrogens with two attached hydrogens (primary N) is 2. The molecule has 11 heteroatoms. The number of nitrogen functional groups attached to an aromatic ring is 2. The molecule has 0 aliphatic carbocycles. The maximum Gasteiger partial charge on any atom is 0.166 e. The third-order valence-electron chi connectivity index (χ3n) is 3.66. The van der Waals surface area contributed by atoms with Crippen LogP contribution in [0.3, 0.4) is 0 Å². The largest absolute Gasteiger partial charge is 0.454 e. The molecule has 3 rings (SSSR count). The van der Waals surface area contributed by atoms with Crippen LogP contribution in [0, 0.1) is 0 Å². The lowest BCUT2D eigenvalue weighted by atomic mass is 10.2. The topological polar surface area (TPSA) is 70.5 Å². The van der Waals surface area contributed by atoms with Crippen molar-refractivity contribution in [1.29, 1.82) is 0 Å². The summed E-state index contributed by atoms with van der Waals surface area (Å²) in [6.07, 6.45) is 0. The van der Waals surface area contributed by atoms with Gasteiger partial charge in [0.2, 0.25) is 0 Å². The van der Waals surface area contributed by atoms with Gasteiger partial charge < -0.3 is 20.9 Å². The van der Waals surface area contributed by atoms with Crippen LogP contribution < -0.4 is 20.9 Å². The molecule has 0 fully saturated rings. The molecule has 0 heterocycles. The first-order chi connectivity index (χ1) is 13.6. The highest BCUT2D eigenvalue weighted by molar-refractivity contribution is 6.44. The van der Waals surface area contributed by atoms with E-state index in [4.69, 9.17) is 102 Å². The number of hydrogen-bond donors (Lipinski definition) is 2. The molecule has 0 atom stereocenters. The Morgan fingerprint density at radius 2 is 1.03 bits per heavy atom. The van der Waals surface area contributed by atoms with Crippen LogP contribution in [0.2, 0.25) is 35.2 Å². The molecule has 4 N–H and O–H groups in total. The number of halogens is 7. The molecule has 0 aliphatic heterocycles. The van der Waals surface area contributed by atoms with Gasteiger partial charge in [-0.1, -0.05) is 81.2 Å². The molecule has 0 radical (unpaired) electrons. The Kier molecular flexibility index (Phi) is 6.96. The Morgan fingerprint density at radius 3 is 1.55 bits per heavy atom. The van der Waals surface area contributed by atoms with E-state index in [0.29, 0.717) is 5.75 Å². The number of hydrogen-bond acceptors (Lipinski definition) is 4. The van der Waals surface area contributed by atoms with Gasteiger partial charge in [0.15, 0.2) is 11.5 Å². The smallest absolute Gasteiger partial charge is 0.166 e. The van der Waals surface area contributed by atoms with E-state index >= 15 is 0 Å². The second kappa shape index (κ2) is 8.94. The number of anilines is 2. The predicted octanol–water partition coefficient (Wildman–Crippen LogP) is 9.01. The number of rotatable bonds is 4. The van der Waals surface area contributed by atoms with Crippen molar-refractivity contribution in [2.75, 3.05) is 11.5 Å². The van der Waals surface area contributed by atoms with Crippen LogP contribution in [0.15, 0.2) is 30.3 Å². The van der Waals surface area contributed by atoms with Gasteiger partial charge in [-0.05, 0) is 24.3 Å². The van der Waals surface area contributed by atoms with Gasteiger partial charge in [-0.3, -0.25) is 0 Å². The van der Waals surface area contributed by atoms with E-state index in [-0.39, 0.29) is 63.8 Å². The second-order valence-electron chi connectivity index (χ2n) is 5.59. The highest BCUT2D eigenvalue weighted by Crippen LogP contribution is 2.47. The lowest BCUT2D eigenvalue weighted by Gasteiger charge is -2.15. The van der Waals surface area contributed by atoms with Crippen molar-refractivity contribution in [2.45, 2.75) is 0 Å². The molecular weight excluding hydrogens is 524 g/mol. The van der Waals surface area contributed by atoms with Gasteiger partial charge in [0, 0.05) is 6.07 Å². The summed E-state index contributed by atoms with van der Waals surface area (Å²) in [6, 6.07) is 7.42. The quantitative estimate of drug-likeness (QED) is 0.328. The molecule has 0 saturated heterocycles. The zero-order chi connectivity index (χ0) is 21.5. The van der Waals surface area contributed by atoms with E-state index in [9.17, 15) is 0 Å². The Bertz CT molecular complexity index is 1120. The van der Waals surface area contributed by atoms with Crippen LogP contribution in [0.5, 0.6) is 23.0 Å². The first kappa shape index (κ1) is 22.6. The van der Waals surface area contributed by atoms with E-state index in [1.54, 1.807) is 6.07 Å². The minimum Gasteiger partial charge on any atom is -0.454 e. The van der Waals surface area contributed by atoms with Crippen LogP contribution in [-0.2, 0) is 0 Å². The van der Waals surface area contributed by atoms with Crippen molar-refractivity contribution in [3.05, 3.63) is 65.5 Å². The van der Waals surface area contributed by atoms with Crippen molar-refractivity contribution >= 4 is 92.6 Å². The molecule has 0 aromatic heterocycles. The van der Waals surface area contributed by atoms with Gasteiger partial charge in [0.05, 0.1) is 36.5 Å². The molecule has 0 unspecified atom stereocenters. The Morgan fingerprint density at radius 1 is 0.552 bits per heavy atom. The minimum absolute atomic E-state index is 0.0430. The molecule has 0 amide bonds. The molecule has 0 bridgehead atoms. The van der Waals surface area contributed by atoms with E-state index in [0.717, 1.165) is 0 Å². The summed E-state index contributed by atoms with van der Waals surface area (Å²) < 4.78 is 11.5. The highest BCUT2D eigenvalue weighted by Gasteiger charge is 2.19. The first-order valence-electron chi connectivity index (χ1n) is 7.61. The first-order valence-corrected chi connectivity index (χ1v) is 10.3. The average Bonchev–Trinajstić information content (AvgIpc) is 2.67. The number of ether oxygens (including phenoxy) is 2. The third-order valence-corrected chi connectivity index (χ3v) is 5.91. The van der Waals surface area contributed by atoms with Crippen LogP contribution >= 0.6 is 81.2 Å². The fourth-order valence-electron chi connectivity index (χ4n) is 2.21. The lowest BCUT2D eigenvalue weighted by Crippen LogP contribution is -1.95. The SMILES string of the molecule is Nc1c(Cl)cc(Cl)c(Oc2ccc(Cl)c(Oc3c(Cl)cc(Cl)c(N)c3Cl)c2)c1Cl. The normalized spacial score (nSPS) is 10.9. The van der Waals surface area contributed by atoms with E-state index in [1.807, 2.05) is 0 Å². The summed E-state index contributed by atoms with van der Waals surface area (Å²) in [5.74, 6) is 0.685. The van der Waals surface area contributed by atoms with Crippen LogP contribution in [0.1, 0.15) is 0 Å². The zero-order valence-electron chi connectivity index (χ0n) is 14.0. The van der Waals surface area contributed by atoms with Gasteiger partial charge in [-0.15, -0.1) is 0 Å². The van der Waals surface area contributed by atoms with Crippen LogP contribution in [-0.4, -0.2) is 0 Å². The summed E-state index contributed by atoms with van der Waals surface area (Å²) in [6.45, 7) is 0. The fraction of sp³-hybridized carbons (Fsp3) is 0. The second-order valence-corrected chi connectivity index (χ2v) is 8.38. The van der Waals surface area contributed by atoms with Gasteiger partial charge in [0.25, 0.3) is 0 Å². The van der Waals surface area contributed by atoms with Crippen LogP contribution in [0.25, 0.3) is 0 Å². The van der Waals surface area contributed by atoms with E-state index in [2.05, 4.69) is 0 Å². The van der Waals surface area contributed by atoms with Crippen molar-refractivity contribution in [1.82, 2.24) is 0 Å². The highest BCUT2D eigenvalue weighted by atomic mass is 35.5. The molecule has 0 spiro atoms. The monoisotopic (exact) mass is 530 g/mol. The molecule has 3 aromatic rings. The van der Waals surface area contributed by atoms with Crippen molar-refractivity contribution in [3.63, 3.8) is 0 Å². The molecular formula is C18H9Cl7N2O2. The van der Waals surface area contributed by atoms with Crippen molar-refractivity contribution < 1.29 is 9.47 Å². The average molecular weight is 533 g/mol.